The van der Waals surface area contributed by atoms with Crippen LogP contribution >= 0.6 is 0 Å². The molecule has 1 aliphatic carbocycles. The number of hydrogen-bond acceptors (Lipinski definition) is 9. The lowest BCUT2D eigenvalue weighted by molar-refractivity contribution is -0.138. The number of amides is 5. The highest BCUT2D eigenvalue weighted by atomic mass is 16.6. The van der Waals surface area contributed by atoms with Gasteiger partial charge in [-0.2, -0.15) is 5.10 Å². The summed E-state index contributed by atoms with van der Waals surface area (Å²) in [6, 6.07) is 8.99. The van der Waals surface area contributed by atoms with Gasteiger partial charge in [0.1, 0.15) is 6.04 Å². The average molecular weight is 642 g/mol. The maximum Gasteiger partial charge on any atom is 0.409 e. The highest BCUT2D eigenvalue weighted by Gasteiger charge is 2.32. The fourth-order valence-corrected chi connectivity index (χ4v) is 4.67. The Morgan fingerprint density at radius 1 is 1.02 bits per heavy atom. The number of nitrogens with zero attached hydrogens (tertiary/aromatic N) is 4. The molecule has 46 heavy (non-hydrogen) atoms. The van der Waals surface area contributed by atoms with Crippen molar-refractivity contribution in [2.75, 3.05) is 39.3 Å². The molecule has 0 radical (unpaired) electrons. The molecule has 0 bridgehead atoms. The van der Waals surface area contributed by atoms with Crippen molar-refractivity contribution in [3.05, 3.63) is 42.1 Å². The van der Waals surface area contributed by atoms with Gasteiger partial charge in [-0.25, -0.2) is 9.48 Å². The van der Waals surface area contributed by atoms with Crippen molar-refractivity contribution in [1.29, 1.82) is 0 Å². The van der Waals surface area contributed by atoms with Gasteiger partial charge in [0.25, 0.3) is 11.8 Å². The number of rotatable bonds is 14. The summed E-state index contributed by atoms with van der Waals surface area (Å²) < 4.78 is 12.2. The molecule has 1 aromatic heterocycles. The minimum Gasteiger partial charge on any atom is -0.481 e. The normalized spacial score (nSPS) is 15.7. The van der Waals surface area contributed by atoms with E-state index in [9.17, 15) is 33.9 Å². The molecule has 2 fully saturated rings. The van der Waals surface area contributed by atoms with Crippen molar-refractivity contribution in [3.8, 4) is 11.6 Å². The van der Waals surface area contributed by atoms with Crippen molar-refractivity contribution in [1.82, 2.24) is 35.5 Å². The number of aromatic nitrogens is 2. The highest BCUT2D eigenvalue weighted by Crippen LogP contribution is 2.22. The first-order chi connectivity index (χ1) is 22.0. The first-order valence-corrected chi connectivity index (χ1v) is 15.2. The van der Waals surface area contributed by atoms with Crippen LogP contribution in [-0.2, 0) is 23.9 Å². The number of nitrogens with one attached hydrogen (secondary N) is 3. The number of benzene rings is 1. The number of carbonyl (C=O) groups is 6. The predicted octanol–water partition coefficient (Wildman–Crippen LogP) is 0.298. The summed E-state index contributed by atoms with van der Waals surface area (Å²) in [5.74, 6) is -3.20. The minimum absolute atomic E-state index is 0.0462. The SMILES string of the molecule is CCOC(=O)N1CCN(C(=O)C(CCC(=O)O)NC(=O)c2cc(OC(C)C(=O)NCC(=O)NC3CC3)n(-c3ccccc3)n2)CC1. The van der Waals surface area contributed by atoms with E-state index in [1.807, 2.05) is 0 Å². The molecular formula is C30H39N7O9. The molecule has 2 heterocycles. The minimum atomic E-state index is -1.18. The number of aliphatic carboxylic acids is 1. The van der Waals surface area contributed by atoms with Crippen molar-refractivity contribution < 1.29 is 43.3 Å². The third kappa shape index (κ3) is 9.42. The van der Waals surface area contributed by atoms with E-state index in [1.165, 1.54) is 27.5 Å². The zero-order chi connectivity index (χ0) is 33.2. The number of ether oxygens (including phenoxy) is 2. The van der Waals surface area contributed by atoms with E-state index in [4.69, 9.17) is 9.47 Å². The lowest BCUT2D eigenvalue weighted by Gasteiger charge is -2.35. The van der Waals surface area contributed by atoms with Gasteiger partial charge in [-0.1, -0.05) is 18.2 Å². The lowest BCUT2D eigenvalue weighted by Crippen LogP contribution is -2.56. The van der Waals surface area contributed by atoms with E-state index in [2.05, 4.69) is 21.0 Å². The Hall–Kier alpha value is -5.15. The van der Waals surface area contributed by atoms with E-state index in [0.717, 1.165) is 12.8 Å². The summed E-state index contributed by atoms with van der Waals surface area (Å²) in [6.45, 7) is 4.00. The van der Waals surface area contributed by atoms with Crippen LogP contribution in [0.5, 0.6) is 5.88 Å². The third-order valence-corrected chi connectivity index (χ3v) is 7.31. The molecular weight excluding hydrogens is 602 g/mol. The Balaban J connectivity index is 1.46. The third-order valence-electron chi connectivity index (χ3n) is 7.31. The first kappa shape index (κ1) is 33.7. The van der Waals surface area contributed by atoms with Crippen LogP contribution in [-0.4, -0.2) is 118 Å². The number of para-hydroxylation sites is 1. The molecule has 2 atom stereocenters. The van der Waals surface area contributed by atoms with Gasteiger partial charge >= 0.3 is 12.1 Å². The Morgan fingerprint density at radius 2 is 1.70 bits per heavy atom. The monoisotopic (exact) mass is 641 g/mol. The van der Waals surface area contributed by atoms with Crippen LogP contribution in [0.25, 0.3) is 5.69 Å². The van der Waals surface area contributed by atoms with E-state index in [-0.39, 0.29) is 75.7 Å². The topological polar surface area (TPSA) is 202 Å². The van der Waals surface area contributed by atoms with Crippen molar-refractivity contribution in [2.24, 2.45) is 0 Å². The fourth-order valence-electron chi connectivity index (χ4n) is 4.67. The molecule has 2 aromatic rings. The number of hydrogen-bond donors (Lipinski definition) is 4. The van der Waals surface area contributed by atoms with Crippen LogP contribution in [0, 0.1) is 0 Å². The zero-order valence-electron chi connectivity index (χ0n) is 25.8. The summed E-state index contributed by atoms with van der Waals surface area (Å²) in [7, 11) is 0. The lowest BCUT2D eigenvalue weighted by atomic mass is 10.1. The van der Waals surface area contributed by atoms with E-state index in [1.54, 1.807) is 37.3 Å². The van der Waals surface area contributed by atoms with Gasteiger partial charge in [0.15, 0.2) is 11.8 Å². The molecule has 1 saturated carbocycles. The van der Waals surface area contributed by atoms with Gasteiger partial charge in [-0.05, 0) is 45.2 Å². The number of piperazine rings is 1. The van der Waals surface area contributed by atoms with Crippen molar-refractivity contribution >= 4 is 35.7 Å². The standard InChI is InChI=1S/C30H39N7O9/c1-3-45-30(44)36-15-13-35(14-16-36)29(43)22(11-12-26(39)40)33-28(42)23-17-25(37(34-23)21-7-5-4-6-8-21)46-19(2)27(41)31-18-24(38)32-20-9-10-20/h4-8,17,19-20,22H,3,9-16,18H2,1-2H3,(H,31,41)(H,32,38)(H,33,42)(H,39,40). The molecule has 0 spiro atoms. The second-order valence-electron chi connectivity index (χ2n) is 10.9. The Kier molecular flexibility index (Phi) is 11.5. The largest absolute Gasteiger partial charge is 0.481 e. The molecule has 16 heteroatoms. The quantitative estimate of drug-likeness (QED) is 0.222. The zero-order valence-corrected chi connectivity index (χ0v) is 25.8. The highest BCUT2D eigenvalue weighted by molar-refractivity contribution is 5.96. The van der Waals surface area contributed by atoms with Gasteiger partial charge < -0.3 is 40.3 Å². The van der Waals surface area contributed by atoms with Crippen LogP contribution in [0.1, 0.15) is 50.0 Å². The summed E-state index contributed by atoms with van der Waals surface area (Å²) in [6.07, 6.45) is -0.267. The molecule has 5 amide bonds. The molecule has 1 aliphatic heterocycles. The number of carboxylic acid groups (broad SMARTS) is 1. The van der Waals surface area contributed by atoms with Crippen LogP contribution in [0.4, 0.5) is 4.79 Å². The summed E-state index contributed by atoms with van der Waals surface area (Å²) in [4.78, 5) is 77.9. The van der Waals surface area contributed by atoms with E-state index in [0.29, 0.717) is 5.69 Å². The van der Waals surface area contributed by atoms with Gasteiger partial charge in [-0.15, -0.1) is 0 Å². The average Bonchev–Trinajstić information content (AvgIpc) is 3.77. The maximum absolute atomic E-state index is 13.4. The number of carboxylic acids is 1. The number of carbonyl (C=O) groups excluding carboxylic acids is 5. The fraction of sp³-hybridized carbons (Fsp3) is 0.500. The Labute approximate surface area is 265 Å². The van der Waals surface area contributed by atoms with E-state index < -0.39 is 41.9 Å². The van der Waals surface area contributed by atoms with Crippen LogP contribution in [0.15, 0.2) is 36.4 Å². The summed E-state index contributed by atoms with van der Waals surface area (Å²) in [5, 5.41) is 21.5. The summed E-state index contributed by atoms with van der Waals surface area (Å²) >= 11 is 0. The second-order valence-corrected chi connectivity index (χ2v) is 10.9. The van der Waals surface area contributed by atoms with E-state index >= 15 is 0 Å². The van der Waals surface area contributed by atoms with Gasteiger partial charge in [0.05, 0.1) is 18.8 Å². The van der Waals surface area contributed by atoms with Crippen molar-refractivity contribution in [2.45, 2.75) is 57.7 Å². The summed E-state index contributed by atoms with van der Waals surface area (Å²) in [5.41, 5.74) is 0.376. The van der Waals surface area contributed by atoms with Gasteiger partial charge in [0, 0.05) is 44.7 Å². The van der Waals surface area contributed by atoms with Gasteiger partial charge in [-0.3, -0.25) is 24.0 Å². The molecule has 1 aromatic carbocycles. The molecule has 2 aliphatic rings. The second kappa shape index (κ2) is 15.7. The Morgan fingerprint density at radius 3 is 2.33 bits per heavy atom. The molecule has 4 rings (SSSR count). The molecule has 16 nitrogen and oxygen atoms in total. The van der Waals surface area contributed by atoms with Gasteiger partial charge in [0.2, 0.25) is 17.7 Å². The molecule has 1 saturated heterocycles. The smallest absolute Gasteiger partial charge is 0.409 e. The maximum atomic E-state index is 13.4. The molecule has 248 valence electrons. The van der Waals surface area contributed by atoms with Crippen LogP contribution < -0.4 is 20.7 Å². The molecule has 4 N–H and O–H groups in total. The van der Waals surface area contributed by atoms with Crippen molar-refractivity contribution in [3.63, 3.8) is 0 Å². The molecule has 2 unspecified atom stereocenters. The predicted molar refractivity (Wildman–Crippen MR) is 161 cm³/mol. The van der Waals surface area contributed by atoms with Crippen LogP contribution in [0.3, 0.4) is 0 Å². The Bertz CT molecular complexity index is 1420. The van der Waals surface area contributed by atoms with Crippen LogP contribution in [0.2, 0.25) is 0 Å². The first-order valence-electron chi connectivity index (χ1n) is 15.2.